The molecule has 0 saturated heterocycles. The first-order chi connectivity index (χ1) is 7.99. The van der Waals surface area contributed by atoms with E-state index in [0.29, 0.717) is 4.47 Å². The summed E-state index contributed by atoms with van der Waals surface area (Å²) < 4.78 is 26.9. The molecule has 1 aliphatic carbocycles. The number of halogens is 1. The van der Waals surface area contributed by atoms with Gasteiger partial charge in [-0.1, -0.05) is 22.0 Å². The van der Waals surface area contributed by atoms with Crippen molar-refractivity contribution >= 4 is 26.0 Å². The monoisotopic (exact) mass is 319 g/mol. The molecule has 1 aromatic carbocycles. The van der Waals surface area contributed by atoms with E-state index in [9.17, 15) is 13.5 Å². The molecule has 1 atom stereocenters. The van der Waals surface area contributed by atoms with Gasteiger partial charge in [0.1, 0.15) is 0 Å². The molecule has 0 radical (unpaired) electrons. The van der Waals surface area contributed by atoms with Crippen LogP contribution in [0.4, 0.5) is 0 Å². The van der Waals surface area contributed by atoms with Gasteiger partial charge in [0.15, 0.2) is 0 Å². The van der Waals surface area contributed by atoms with Gasteiger partial charge >= 0.3 is 0 Å². The van der Waals surface area contributed by atoms with Gasteiger partial charge in [0, 0.05) is 11.0 Å². The number of benzene rings is 1. The number of aliphatic hydroxyl groups excluding tert-OH is 1. The summed E-state index contributed by atoms with van der Waals surface area (Å²) in [5.41, 5.74) is 0. The van der Waals surface area contributed by atoms with Crippen molar-refractivity contribution in [3.8, 4) is 0 Å². The van der Waals surface area contributed by atoms with Crippen LogP contribution in [0.15, 0.2) is 33.6 Å². The van der Waals surface area contributed by atoms with Gasteiger partial charge in [0.05, 0.1) is 11.0 Å². The van der Waals surface area contributed by atoms with Crippen molar-refractivity contribution in [2.45, 2.75) is 23.8 Å². The molecule has 0 bridgehead atoms. The Morgan fingerprint density at radius 3 is 2.76 bits per heavy atom. The number of nitrogens with one attached hydrogen (secondary N) is 1. The number of aliphatic hydroxyl groups is 1. The van der Waals surface area contributed by atoms with E-state index in [2.05, 4.69) is 20.7 Å². The van der Waals surface area contributed by atoms with Gasteiger partial charge in [-0.05, 0) is 37.0 Å². The zero-order chi connectivity index (χ0) is 12.5. The fraction of sp³-hybridized carbons (Fsp3) is 0.455. The van der Waals surface area contributed by atoms with Crippen LogP contribution in [0.2, 0.25) is 0 Å². The third-order valence-electron chi connectivity index (χ3n) is 2.76. The Balaban J connectivity index is 2.03. The van der Waals surface area contributed by atoms with Crippen LogP contribution in [0.25, 0.3) is 0 Å². The molecule has 6 heteroatoms. The largest absolute Gasteiger partial charge is 0.391 e. The average molecular weight is 320 g/mol. The van der Waals surface area contributed by atoms with Crippen molar-refractivity contribution in [3.63, 3.8) is 0 Å². The number of hydrogen-bond acceptors (Lipinski definition) is 3. The second-order valence-corrected chi connectivity index (χ2v) is 6.90. The van der Waals surface area contributed by atoms with Gasteiger partial charge in [0.25, 0.3) is 0 Å². The van der Waals surface area contributed by atoms with Crippen LogP contribution >= 0.6 is 15.9 Å². The van der Waals surface area contributed by atoms with Gasteiger partial charge in [-0.3, -0.25) is 0 Å². The second kappa shape index (κ2) is 5.06. The van der Waals surface area contributed by atoms with E-state index >= 15 is 0 Å². The topological polar surface area (TPSA) is 66.4 Å². The first kappa shape index (κ1) is 13.0. The van der Waals surface area contributed by atoms with Crippen molar-refractivity contribution in [1.29, 1.82) is 0 Å². The molecule has 1 saturated carbocycles. The van der Waals surface area contributed by atoms with E-state index in [-0.39, 0.29) is 17.4 Å². The molecule has 1 aromatic rings. The van der Waals surface area contributed by atoms with Crippen LogP contribution in [0, 0.1) is 5.92 Å². The molecular formula is C11H14BrNO3S. The zero-order valence-electron chi connectivity index (χ0n) is 9.14. The lowest BCUT2D eigenvalue weighted by molar-refractivity contribution is 0.155. The lowest BCUT2D eigenvalue weighted by Crippen LogP contribution is -2.33. The van der Waals surface area contributed by atoms with Crippen molar-refractivity contribution in [1.82, 2.24) is 4.72 Å². The van der Waals surface area contributed by atoms with E-state index < -0.39 is 16.1 Å². The molecule has 94 valence electrons. The van der Waals surface area contributed by atoms with Crippen molar-refractivity contribution in [2.75, 3.05) is 6.54 Å². The Kier molecular flexibility index (Phi) is 3.87. The number of hydrogen-bond donors (Lipinski definition) is 2. The van der Waals surface area contributed by atoms with Gasteiger partial charge in [-0.25, -0.2) is 13.1 Å². The first-order valence-electron chi connectivity index (χ1n) is 5.42. The minimum atomic E-state index is -3.52. The highest BCUT2D eigenvalue weighted by Crippen LogP contribution is 2.32. The molecule has 0 aliphatic heterocycles. The van der Waals surface area contributed by atoms with Crippen LogP contribution in [-0.4, -0.2) is 26.2 Å². The van der Waals surface area contributed by atoms with Crippen LogP contribution in [0.1, 0.15) is 12.8 Å². The van der Waals surface area contributed by atoms with Crippen LogP contribution in [-0.2, 0) is 10.0 Å². The molecule has 2 N–H and O–H groups in total. The Hall–Kier alpha value is -0.430. The van der Waals surface area contributed by atoms with Gasteiger partial charge in [-0.15, -0.1) is 0 Å². The summed E-state index contributed by atoms with van der Waals surface area (Å²) in [6, 6.07) is 6.48. The summed E-state index contributed by atoms with van der Waals surface area (Å²) in [6.07, 6.45) is 1.40. The second-order valence-electron chi connectivity index (χ2n) is 4.21. The summed E-state index contributed by atoms with van der Waals surface area (Å²) in [7, 11) is -3.52. The van der Waals surface area contributed by atoms with Gasteiger partial charge in [0.2, 0.25) is 10.0 Å². The molecule has 17 heavy (non-hydrogen) atoms. The molecule has 0 aromatic heterocycles. The SMILES string of the molecule is O=S(=O)(NCC(O)C1CC1)c1cccc(Br)c1. The standard InChI is InChI=1S/C11H14BrNO3S/c12-9-2-1-3-10(6-9)17(15,16)13-7-11(14)8-4-5-8/h1-3,6,8,11,13-14H,4-5,7H2. The Bertz CT molecular complexity index is 499. The van der Waals surface area contributed by atoms with Gasteiger partial charge in [-0.2, -0.15) is 0 Å². The number of rotatable bonds is 5. The Morgan fingerprint density at radius 1 is 1.47 bits per heavy atom. The molecule has 0 amide bonds. The minimum Gasteiger partial charge on any atom is -0.391 e. The zero-order valence-corrected chi connectivity index (χ0v) is 11.5. The van der Waals surface area contributed by atoms with E-state index in [4.69, 9.17) is 0 Å². The summed E-state index contributed by atoms with van der Waals surface area (Å²) in [5.74, 6) is 0.264. The Morgan fingerprint density at radius 2 is 2.18 bits per heavy atom. The van der Waals surface area contributed by atoms with E-state index in [1.54, 1.807) is 12.1 Å². The summed E-state index contributed by atoms with van der Waals surface area (Å²) >= 11 is 3.23. The molecule has 0 heterocycles. The van der Waals surface area contributed by atoms with Crippen molar-refractivity contribution in [3.05, 3.63) is 28.7 Å². The molecule has 4 nitrogen and oxygen atoms in total. The quantitative estimate of drug-likeness (QED) is 0.864. The normalized spacial score (nSPS) is 18.0. The predicted octanol–water partition coefficient (Wildman–Crippen LogP) is 1.50. The third kappa shape index (κ3) is 3.51. The third-order valence-corrected chi connectivity index (χ3v) is 4.67. The van der Waals surface area contributed by atoms with E-state index in [0.717, 1.165) is 12.8 Å². The predicted molar refractivity (Wildman–Crippen MR) is 68.1 cm³/mol. The molecular weight excluding hydrogens is 306 g/mol. The summed E-state index contributed by atoms with van der Waals surface area (Å²) in [6.45, 7) is 0.0829. The maximum Gasteiger partial charge on any atom is 0.240 e. The van der Waals surface area contributed by atoms with Crippen molar-refractivity contribution < 1.29 is 13.5 Å². The lowest BCUT2D eigenvalue weighted by Gasteiger charge is -2.11. The average Bonchev–Trinajstić information content (AvgIpc) is 3.10. The first-order valence-corrected chi connectivity index (χ1v) is 7.70. The molecule has 1 aliphatic rings. The molecule has 0 spiro atoms. The number of sulfonamides is 1. The summed E-state index contributed by atoms with van der Waals surface area (Å²) in [4.78, 5) is 0.204. The summed E-state index contributed by atoms with van der Waals surface area (Å²) in [5, 5.41) is 9.62. The highest BCUT2D eigenvalue weighted by molar-refractivity contribution is 9.10. The maximum absolute atomic E-state index is 11.9. The highest BCUT2D eigenvalue weighted by Gasteiger charge is 2.30. The van der Waals surface area contributed by atoms with Crippen LogP contribution < -0.4 is 4.72 Å². The fourth-order valence-electron chi connectivity index (χ4n) is 1.56. The van der Waals surface area contributed by atoms with E-state index in [1.165, 1.54) is 12.1 Å². The van der Waals surface area contributed by atoms with Crippen molar-refractivity contribution in [2.24, 2.45) is 5.92 Å². The van der Waals surface area contributed by atoms with Crippen LogP contribution in [0.3, 0.4) is 0 Å². The minimum absolute atomic E-state index is 0.0829. The maximum atomic E-state index is 11.9. The van der Waals surface area contributed by atoms with E-state index in [1.807, 2.05) is 0 Å². The fourth-order valence-corrected chi connectivity index (χ4v) is 3.21. The van der Waals surface area contributed by atoms with Crippen LogP contribution in [0.5, 0.6) is 0 Å². The molecule has 1 fully saturated rings. The van der Waals surface area contributed by atoms with Gasteiger partial charge < -0.3 is 5.11 Å². The lowest BCUT2D eigenvalue weighted by atomic mass is 10.2. The highest BCUT2D eigenvalue weighted by atomic mass is 79.9. The molecule has 1 unspecified atom stereocenters. The smallest absolute Gasteiger partial charge is 0.240 e. The Labute approximate surface area is 109 Å². The molecule has 2 rings (SSSR count).